The Morgan fingerprint density at radius 2 is 1.86 bits per heavy atom. The average Bonchev–Trinajstić information content (AvgIpc) is 2.95. The normalized spacial score (nSPS) is 42.7. The SMILES string of the molecule is CC1(C)C2=CC[C@H]3CCCC(=O)[C@@]3(C)[C@@H]2CCC12OCCO2. The molecule has 1 aliphatic heterocycles. The molecular weight excluding hydrogens is 276 g/mol. The van der Waals surface area contributed by atoms with Crippen molar-refractivity contribution >= 4 is 5.78 Å². The van der Waals surface area contributed by atoms with Crippen molar-refractivity contribution in [2.45, 2.75) is 65.1 Å². The molecule has 3 heteroatoms. The van der Waals surface area contributed by atoms with Crippen LogP contribution in [0.2, 0.25) is 0 Å². The minimum Gasteiger partial charge on any atom is -0.347 e. The van der Waals surface area contributed by atoms with Gasteiger partial charge in [0.15, 0.2) is 5.79 Å². The number of Topliss-reactive ketones (excluding diaryl/α,β-unsaturated/α-hetero) is 1. The van der Waals surface area contributed by atoms with Crippen LogP contribution >= 0.6 is 0 Å². The first-order valence-corrected chi connectivity index (χ1v) is 8.93. The predicted molar refractivity (Wildman–Crippen MR) is 84.3 cm³/mol. The molecule has 4 rings (SSSR count). The predicted octanol–water partition coefficient (Wildman–Crippen LogP) is 3.87. The molecule has 0 aromatic carbocycles. The van der Waals surface area contributed by atoms with Gasteiger partial charge in [0, 0.05) is 23.7 Å². The molecule has 1 heterocycles. The second-order valence-corrected chi connectivity index (χ2v) is 8.36. The molecule has 122 valence electrons. The molecule has 0 radical (unpaired) electrons. The van der Waals surface area contributed by atoms with Crippen LogP contribution in [0.4, 0.5) is 0 Å². The van der Waals surface area contributed by atoms with E-state index < -0.39 is 5.79 Å². The molecule has 2 saturated carbocycles. The van der Waals surface area contributed by atoms with Crippen molar-refractivity contribution < 1.29 is 14.3 Å². The molecule has 3 fully saturated rings. The van der Waals surface area contributed by atoms with Gasteiger partial charge in [-0.15, -0.1) is 0 Å². The monoisotopic (exact) mass is 304 g/mol. The Morgan fingerprint density at radius 3 is 2.59 bits per heavy atom. The van der Waals surface area contributed by atoms with E-state index in [1.165, 1.54) is 12.0 Å². The van der Waals surface area contributed by atoms with Crippen molar-refractivity contribution in [2.24, 2.45) is 22.7 Å². The van der Waals surface area contributed by atoms with Gasteiger partial charge in [-0.1, -0.05) is 32.4 Å². The fraction of sp³-hybridized carbons (Fsp3) is 0.842. The fourth-order valence-electron chi connectivity index (χ4n) is 5.85. The number of hydrogen-bond donors (Lipinski definition) is 0. The second-order valence-electron chi connectivity index (χ2n) is 8.36. The smallest absolute Gasteiger partial charge is 0.177 e. The summed E-state index contributed by atoms with van der Waals surface area (Å²) in [6.07, 6.45) is 8.48. The number of ketones is 1. The van der Waals surface area contributed by atoms with Gasteiger partial charge >= 0.3 is 0 Å². The molecule has 0 bridgehead atoms. The highest BCUT2D eigenvalue weighted by molar-refractivity contribution is 5.86. The number of fused-ring (bicyclic) bond motifs is 3. The van der Waals surface area contributed by atoms with Crippen LogP contribution in [0.1, 0.15) is 59.3 Å². The van der Waals surface area contributed by atoms with Gasteiger partial charge in [0.1, 0.15) is 5.78 Å². The molecule has 3 atom stereocenters. The first-order valence-electron chi connectivity index (χ1n) is 8.93. The quantitative estimate of drug-likeness (QED) is 0.637. The van der Waals surface area contributed by atoms with Gasteiger partial charge in [-0.2, -0.15) is 0 Å². The number of carbonyl (C=O) groups excluding carboxylic acids is 1. The summed E-state index contributed by atoms with van der Waals surface area (Å²) in [5.74, 6) is 0.959. The Kier molecular flexibility index (Phi) is 3.16. The third kappa shape index (κ3) is 1.67. The van der Waals surface area contributed by atoms with Gasteiger partial charge in [-0.25, -0.2) is 0 Å². The maximum Gasteiger partial charge on any atom is 0.177 e. The molecule has 22 heavy (non-hydrogen) atoms. The fourth-order valence-corrected chi connectivity index (χ4v) is 5.85. The van der Waals surface area contributed by atoms with Gasteiger partial charge in [0.25, 0.3) is 0 Å². The highest BCUT2D eigenvalue weighted by atomic mass is 16.7. The summed E-state index contributed by atoms with van der Waals surface area (Å²) in [4.78, 5) is 12.8. The van der Waals surface area contributed by atoms with E-state index in [2.05, 4.69) is 26.8 Å². The lowest BCUT2D eigenvalue weighted by atomic mass is 9.48. The standard InChI is InChI=1S/C19H28O3/c1-17(2)14-8-7-13-5-4-6-16(20)18(13,3)15(14)9-10-19(17)21-11-12-22-19/h8,13,15H,4-7,9-12H2,1-3H3/t13-,15-,18-/m1/s1. The second kappa shape index (κ2) is 4.67. The highest BCUT2D eigenvalue weighted by Crippen LogP contribution is 2.63. The van der Waals surface area contributed by atoms with Crippen LogP contribution in [0.15, 0.2) is 11.6 Å². The molecule has 3 aliphatic carbocycles. The number of allylic oxidation sites excluding steroid dienone is 1. The molecular formula is C19H28O3. The maximum atomic E-state index is 12.8. The van der Waals surface area contributed by atoms with E-state index in [0.29, 0.717) is 30.8 Å². The van der Waals surface area contributed by atoms with Crippen molar-refractivity contribution in [3.05, 3.63) is 11.6 Å². The van der Waals surface area contributed by atoms with Gasteiger partial charge in [0.2, 0.25) is 0 Å². The zero-order valence-corrected chi connectivity index (χ0v) is 14.1. The zero-order chi connectivity index (χ0) is 15.6. The van der Waals surface area contributed by atoms with Crippen LogP contribution in [0.25, 0.3) is 0 Å². The zero-order valence-electron chi connectivity index (χ0n) is 14.1. The summed E-state index contributed by atoms with van der Waals surface area (Å²) in [5.41, 5.74) is 1.13. The summed E-state index contributed by atoms with van der Waals surface area (Å²) in [6, 6.07) is 0. The largest absolute Gasteiger partial charge is 0.347 e. The molecule has 0 aromatic rings. The molecule has 0 N–H and O–H groups in total. The maximum absolute atomic E-state index is 12.8. The van der Waals surface area contributed by atoms with Crippen molar-refractivity contribution in [2.75, 3.05) is 13.2 Å². The van der Waals surface area contributed by atoms with Gasteiger partial charge in [-0.05, 0) is 37.5 Å². The lowest BCUT2D eigenvalue weighted by Gasteiger charge is -2.58. The minimum absolute atomic E-state index is 0.141. The third-order valence-electron chi connectivity index (χ3n) is 7.32. The lowest BCUT2D eigenvalue weighted by Crippen LogP contribution is -2.58. The van der Waals surface area contributed by atoms with E-state index in [-0.39, 0.29) is 10.8 Å². The molecule has 0 amide bonds. The summed E-state index contributed by atoms with van der Waals surface area (Å²) in [5, 5.41) is 0. The highest BCUT2D eigenvalue weighted by Gasteiger charge is 2.62. The van der Waals surface area contributed by atoms with Crippen LogP contribution in [-0.2, 0) is 14.3 Å². The van der Waals surface area contributed by atoms with Crippen LogP contribution in [0.5, 0.6) is 0 Å². The van der Waals surface area contributed by atoms with Crippen molar-refractivity contribution in [1.82, 2.24) is 0 Å². The molecule has 1 spiro atoms. The number of rotatable bonds is 0. The number of ether oxygens (including phenoxy) is 2. The van der Waals surface area contributed by atoms with Crippen LogP contribution in [0, 0.1) is 22.7 Å². The van der Waals surface area contributed by atoms with E-state index in [9.17, 15) is 4.79 Å². The summed E-state index contributed by atoms with van der Waals surface area (Å²) >= 11 is 0. The Morgan fingerprint density at radius 1 is 1.14 bits per heavy atom. The van der Waals surface area contributed by atoms with Crippen LogP contribution < -0.4 is 0 Å². The van der Waals surface area contributed by atoms with Gasteiger partial charge in [-0.3, -0.25) is 4.79 Å². The number of hydrogen-bond acceptors (Lipinski definition) is 3. The summed E-state index contributed by atoms with van der Waals surface area (Å²) < 4.78 is 12.2. The van der Waals surface area contributed by atoms with E-state index >= 15 is 0 Å². The topological polar surface area (TPSA) is 35.5 Å². The van der Waals surface area contributed by atoms with Gasteiger partial charge in [0.05, 0.1) is 13.2 Å². The van der Waals surface area contributed by atoms with Crippen molar-refractivity contribution in [3.8, 4) is 0 Å². The molecule has 0 unspecified atom stereocenters. The van der Waals surface area contributed by atoms with E-state index in [0.717, 1.165) is 32.1 Å². The lowest BCUT2D eigenvalue weighted by molar-refractivity contribution is -0.239. The first kappa shape index (κ1) is 14.9. The average molecular weight is 304 g/mol. The Hall–Kier alpha value is -0.670. The van der Waals surface area contributed by atoms with Gasteiger partial charge < -0.3 is 9.47 Å². The third-order valence-corrected chi connectivity index (χ3v) is 7.32. The molecule has 3 nitrogen and oxygen atoms in total. The van der Waals surface area contributed by atoms with E-state index in [1.807, 2.05) is 0 Å². The Balaban J connectivity index is 1.77. The minimum atomic E-state index is -0.462. The van der Waals surface area contributed by atoms with E-state index in [4.69, 9.17) is 9.47 Å². The number of carbonyl (C=O) groups is 1. The molecule has 4 aliphatic rings. The molecule has 1 saturated heterocycles. The summed E-state index contributed by atoms with van der Waals surface area (Å²) in [6.45, 7) is 8.16. The summed E-state index contributed by atoms with van der Waals surface area (Å²) in [7, 11) is 0. The first-order chi connectivity index (χ1) is 10.4. The van der Waals surface area contributed by atoms with Crippen LogP contribution in [0.3, 0.4) is 0 Å². The Labute approximate surface area is 133 Å². The molecule has 0 aromatic heterocycles. The van der Waals surface area contributed by atoms with Crippen molar-refractivity contribution in [3.63, 3.8) is 0 Å². The van der Waals surface area contributed by atoms with E-state index in [1.54, 1.807) is 0 Å². The van der Waals surface area contributed by atoms with Crippen LogP contribution in [-0.4, -0.2) is 24.8 Å². The Bertz CT molecular complexity index is 527. The van der Waals surface area contributed by atoms with Crippen molar-refractivity contribution in [1.29, 1.82) is 0 Å².